The molecule has 94 valence electrons. The van der Waals surface area contributed by atoms with E-state index >= 15 is 0 Å². The molecule has 0 amide bonds. The maximum absolute atomic E-state index is 10.9. The number of rotatable bonds is 5. The van der Waals surface area contributed by atoms with Crippen LogP contribution in [0, 0.1) is 0 Å². The molecule has 0 aliphatic heterocycles. The fraction of sp³-hybridized carbons (Fsp3) is 0.333. The third-order valence-corrected chi connectivity index (χ3v) is 3.02. The van der Waals surface area contributed by atoms with E-state index in [0.29, 0.717) is 12.8 Å². The van der Waals surface area contributed by atoms with Crippen LogP contribution in [0.4, 0.5) is 0 Å². The lowest BCUT2D eigenvalue weighted by molar-refractivity contribution is -0.117. The van der Waals surface area contributed by atoms with Crippen LogP contribution < -0.4 is 0 Å². The first-order valence-corrected chi connectivity index (χ1v) is 6.31. The van der Waals surface area contributed by atoms with E-state index in [0.717, 1.165) is 23.5 Å². The minimum absolute atomic E-state index is 0.195. The zero-order chi connectivity index (χ0) is 13.0. The summed E-state index contributed by atoms with van der Waals surface area (Å²) in [5.74, 6) is 1.07. The van der Waals surface area contributed by atoms with Crippen LogP contribution in [0.5, 0.6) is 0 Å². The second-order valence-electron chi connectivity index (χ2n) is 4.50. The topological polar surface area (TPSA) is 45.8 Å². The summed E-state index contributed by atoms with van der Waals surface area (Å²) in [5, 5.41) is 0. The minimum atomic E-state index is 0.195. The molecule has 2 rings (SSSR count). The number of nitrogens with one attached hydrogen (secondary N) is 1. The van der Waals surface area contributed by atoms with E-state index in [1.165, 1.54) is 5.56 Å². The van der Waals surface area contributed by atoms with Gasteiger partial charge in [-0.2, -0.15) is 0 Å². The molecule has 0 bridgehead atoms. The molecule has 0 saturated heterocycles. The van der Waals surface area contributed by atoms with E-state index in [1.807, 2.05) is 6.20 Å². The van der Waals surface area contributed by atoms with E-state index in [4.69, 9.17) is 0 Å². The fourth-order valence-electron chi connectivity index (χ4n) is 1.85. The summed E-state index contributed by atoms with van der Waals surface area (Å²) in [5.41, 5.74) is 3.47. The number of aromatic amines is 1. The molecule has 0 atom stereocenters. The van der Waals surface area contributed by atoms with Crippen molar-refractivity contribution in [3.63, 3.8) is 0 Å². The molecule has 1 heterocycles. The lowest BCUT2D eigenvalue weighted by Crippen LogP contribution is -1.95. The van der Waals surface area contributed by atoms with Crippen LogP contribution in [-0.4, -0.2) is 15.8 Å². The number of carbonyl (C=O) groups excluding carboxylic acids is 1. The summed E-state index contributed by atoms with van der Waals surface area (Å²) in [6, 6.07) is 8.46. The van der Waals surface area contributed by atoms with E-state index < -0.39 is 0 Å². The molecule has 0 saturated carbocycles. The molecule has 0 spiro atoms. The van der Waals surface area contributed by atoms with E-state index in [9.17, 15) is 4.79 Å². The van der Waals surface area contributed by atoms with Crippen molar-refractivity contribution in [3.8, 4) is 11.3 Å². The lowest BCUT2D eigenvalue weighted by atomic mass is 10.1. The zero-order valence-electron chi connectivity index (χ0n) is 10.9. The number of benzene rings is 1. The highest BCUT2D eigenvalue weighted by Gasteiger charge is 2.04. The first-order chi connectivity index (χ1) is 8.69. The van der Waals surface area contributed by atoms with Gasteiger partial charge in [0.25, 0.3) is 0 Å². The van der Waals surface area contributed by atoms with E-state index in [-0.39, 0.29) is 5.78 Å². The number of hydrogen-bond donors (Lipinski definition) is 1. The Morgan fingerprint density at radius 1 is 1.28 bits per heavy atom. The maximum atomic E-state index is 10.9. The molecule has 18 heavy (non-hydrogen) atoms. The average Bonchev–Trinajstić information content (AvgIpc) is 2.85. The van der Waals surface area contributed by atoms with Crippen molar-refractivity contribution in [1.29, 1.82) is 0 Å². The van der Waals surface area contributed by atoms with Gasteiger partial charge in [-0.25, -0.2) is 4.98 Å². The van der Waals surface area contributed by atoms with Crippen LogP contribution in [0.3, 0.4) is 0 Å². The predicted molar refractivity (Wildman–Crippen MR) is 72.4 cm³/mol. The molecule has 0 radical (unpaired) electrons. The van der Waals surface area contributed by atoms with E-state index in [2.05, 4.69) is 41.2 Å². The molecule has 1 N–H and O–H groups in total. The largest absolute Gasteiger partial charge is 0.342 e. The SMILES string of the molecule is CCc1ccc(-c2cnc(CCC(C)=O)[nH]2)cc1. The number of aromatic nitrogens is 2. The van der Waals surface area contributed by atoms with Crippen molar-refractivity contribution in [2.75, 3.05) is 0 Å². The van der Waals surface area contributed by atoms with Gasteiger partial charge in [0.2, 0.25) is 0 Å². The highest BCUT2D eigenvalue weighted by molar-refractivity contribution is 5.75. The van der Waals surface area contributed by atoms with Gasteiger partial charge >= 0.3 is 0 Å². The van der Waals surface area contributed by atoms with Crippen molar-refractivity contribution in [2.24, 2.45) is 0 Å². The number of carbonyl (C=O) groups is 1. The summed E-state index contributed by atoms with van der Waals surface area (Å²) in [6.07, 6.45) is 4.10. The first-order valence-electron chi connectivity index (χ1n) is 6.31. The molecule has 3 heteroatoms. The summed E-state index contributed by atoms with van der Waals surface area (Å²) in [6.45, 7) is 3.75. The van der Waals surface area contributed by atoms with Crippen molar-refractivity contribution in [3.05, 3.63) is 41.9 Å². The number of aryl methyl sites for hydroxylation is 2. The van der Waals surface area contributed by atoms with Gasteiger partial charge in [0, 0.05) is 12.8 Å². The van der Waals surface area contributed by atoms with Gasteiger partial charge in [-0.3, -0.25) is 0 Å². The third-order valence-electron chi connectivity index (χ3n) is 3.02. The molecular weight excluding hydrogens is 224 g/mol. The van der Waals surface area contributed by atoms with Gasteiger partial charge in [-0.05, 0) is 24.5 Å². The molecule has 0 aliphatic rings. The number of hydrogen-bond acceptors (Lipinski definition) is 2. The Bertz CT molecular complexity index is 526. The maximum Gasteiger partial charge on any atom is 0.130 e. The van der Waals surface area contributed by atoms with Crippen molar-refractivity contribution < 1.29 is 4.79 Å². The third kappa shape index (κ3) is 3.06. The van der Waals surface area contributed by atoms with Gasteiger partial charge in [-0.1, -0.05) is 31.2 Å². The molecular formula is C15H18N2O. The van der Waals surface area contributed by atoms with Crippen LogP contribution in [0.25, 0.3) is 11.3 Å². The van der Waals surface area contributed by atoms with Crippen LogP contribution in [0.1, 0.15) is 31.7 Å². The zero-order valence-corrected chi connectivity index (χ0v) is 10.9. The molecule has 2 aromatic rings. The Morgan fingerprint density at radius 2 is 2.00 bits per heavy atom. The molecule has 1 aromatic heterocycles. The fourth-order valence-corrected chi connectivity index (χ4v) is 1.85. The number of H-pyrrole nitrogens is 1. The molecule has 0 unspecified atom stereocenters. The minimum Gasteiger partial charge on any atom is -0.342 e. The smallest absolute Gasteiger partial charge is 0.130 e. The summed E-state index contributed by atoms with van der Waals surface area (Å²) in [4.78, 5) is 18.5. The Morgan fingerprint density at radius 3 is 2.61 bits per heavy atom. The number of nitrogens with zero attached hydrogens (tertiary/aromatic N) is 1. The Kier molecular flexibility index (Phi) is 3.92. The standard InChI is InChI=1S/C15H18N2O/c1-3-12-5-7-13(8-6-12)14-10-16-15(17-14)9-4-11(2)18/h5-8,10H,3-4,9H2,1-2H3,(H,16,17). The quantitative estimate of drug-likeness (QED) is 0.875. The van der Waals surface area contributed by atoms with Gasteiger partial charge in [0.1, 0.15) is 11.6 Å². The van der Waals surface area contributed by atoms with Gasteiger partial charge in [0.05, 0.1) is 11.9 Å². The second kappa shape index (κ2) is 5.63. The summed E-state index contributed by atoms with van der Waals surface area (Å²) < 4.78 is 0. The monoisotopic (exact) mass is 242 g/mol. The van der Waals surface area contributed by atoms with Gasteiger partial charge < -0.3 is 9.78 Å². The summed E-state index contributed by atoms with van der Waals surface area (Å²) >= 11 is 0. The Labute approximate surface area is 107 Å². The van der Waals surface area contributed by atoms with Crippen LogP contribution in [0.2, 0.25) is 0 Å². The number of Topliss-reactive ketones (excluding diaryl/α,β-unsaturated/α-hetero) is 1. The van der Waals surface area contributed by atoms with Crippen molar-refractivity contribution in [2.45, 2.75) is 33.1 Å². The highest BCUT2D eigenvalue weighted by atomic mass is 16.1. The lowest BCUT2D eigenvalue weighted by Gasteiger charge is -2.00. The molecule has 1 aromatic carbocycles. The Balaban J connectivity index is 2.10. The predicted octanol–water partition coefficient (Wildman–Crippen LogP) is 3.16. The summed E-state index contributed by atoms with van der Waals surface area (Å²) in [7, 11) is 0. The van der Waals surface area contributed by atoms with Crippen molar-refractivity contribution >= 4 is 5.78 Å². The molecule has 0 fully saturated rings. The van der Waals surface area contributed by atoms with Crippen LogP contribution >= 0.6 is 0 Å². The van der Waals surface area contributed by atoms with Gasteiger partial charge in [-0.15, -0.1) is 0 Å². The van der Waals surface area contributed by atoms with E-state index in [1.54, 1.807) is 6.92 Å². The van der Waals surface area contributed by atoms with Crippen molar-refractivity contribution in [1.82, 2.24) is 9.97 Å². The van der Waals surface area contributed by atoms with Crippen LogP contribution in [-0.2, 0) is 17.6 Å². The number of imidazole rings is 1. The normalized spacial score (nSPS) is 10.6. The first kappa shape index (κ1) is 12.6. The van der Waals surface area contributed by atoms with Crippen LogP contribution in [0.15, 0.2) is 30.5 Å². The second-order valence-corrected chi connectivity index (χ2v) is 4.50. The average molecular weight is 242 g/mol. The number of ketones is 1. The van der Waals surface area contributed by atoms with Gasteiger partial charge in [0.15, 0.2) is 0 Å². The highest BCUT2D eigenvalue weighted by Crippen LogP contribution is 2.18. The molecule has 0 aliphatic carbocycles. The molecule has 3 nitrogen and oxygen atoms in total. The Hall–Kier alpha value is -1.90.